The zero-order valence-corrected chi connectivity index (χ0v) is 15.0. The topological polar surface area (TPSA) is 50.8 Å². The van der Waals surface area contributed by atoms with Crippen LogP contribution >= 0.6 is 0 Å². The first-order valence-electron chi connectivity index (χ1n) is 8.93. The van der Waals surface area contributed by atoms with Crippen molar-refractivity contribution in [3.05, 3.63) is 35.6 Å². The monoisotopic (exact) mass is 350 g/mol. The minimum atomic E-state index is -0.710. The molecule has 3 rings (SSSR count). The van der Waals surface area contributed by atoms with Gasteiger partial charge in [-0.25, -0.2) is 4.39 Å². The SMILES string of the molecule is CN(C)CCO[C@@H]1COCC[C@H]1NC(=O)C1(c2ccccc2F)CC1. The van der Waals surface area contributed by atoms with Gasteiger partial charge in [0.1, 0.15) is 11.9 Å². The lowest BCUT2D eigenvalue weighted by Gasteiger charge is -2.33. The highest BCUT2D eigenvalue weighted by Crippen LogP contribution is 2.49. The van der Waals surface area contributed by atoms with Gasteiger partial charge < -0.3 is 19.7 Å². The summed E-state index contributed by atoms with van der Waals surface area (Å²) < 4.78 is 25.6. The molecule has 0 radical (unpaired) electrons. The number of ether oxygens (including phenoxy) is 2. The number of hydrogen-bond donors (Lipinski definition) is 1. The summed E-state index contributed by atoms with van der Waals surface area (Å²) >= 11 is 0. The number of rotatable bonds is 7. The molecule has 1 heterocycles. The normalized spacial score (nSPS) is 25.0. The summed E-state index contributed by atoms with van der Waals surface area (Å²) in [5, 5.41) is 3.11. The maximum Gasteiger partial charge on any atom is 0.231 e. The molecule has 25 heavy (non-hydrogen) atoms. The van der Waals surface area contributed by atoms with E-state index < -0.39 is 5.41 Å². The number of carbonyl (C=O) groups is 1. The Morgan fingerprint density at radius 1 is 1.40 bits per heavy atom. The second-order valence-corrected chi connectivity index (χ2v) is 7.22. The van der Waals surface area contributed by atoms with Crippen LogP contribution in [0.1, 0.15) is 24.8 Å². The van der Waals surface area contributed by atoms with Gasteiger partial charge in [-0.15, -0.1) is 0 Å². The van der Waals surface area contributed by atoms with Crippen molar-refractivity contribution in [2.75, 3.05) is 40.5 Å². The van der Waals surface area contributed by atoms with E-state index in [4.69, 9.17) is 9.47 Å². The minimum Gasteiger partial charge on any atom is -0.379 e. The Morgan fingerprint density at radius 2 is 2.16 bits per heavy atom. The van der Waals surface area contributed by atoms with Crippen LogP contribution in [0.15, 0.2) is 24.3 Å². The molecule has 0 aromatic heterocycles. The molecular weight excluding hydrogens is 323 g/mol. The fourth-order valence-corrected chi connectivity index (χ4v) is 3.33. The van der Waals surface area contributed by atoms with Gasteiger partial charge in [-0.1, -0.05) is 18.2 Å². The Balaban J connectivity index is 1.63. The Hall–Kier alpha value is -1.50. The predicted octanol–water partition coefficient (Wildman–Crippen LogP) is 1.71. The molecule has 1 saturated heterocycles. The van der Waals surface area contributed by atoms with Crippen molar-refractivity contribution in [3.63, 3.8) is 0 Å². The highest BCUT2D eigenvalue weighted by Gasteiger charge is 2.53. The molecule has 0 spiro atoms. The van der Waals surface area contributed by atoms with Crippen molar-refractivity contribution in [1.82, 2.24) is 10.2 Å². The van der Waals surface area contributed by atoms with Crippen LogP contribution in [0, 0.1) is 5.82 Å². The zero-order chi connectivity index (χ0) is 17.9. The highest BCUT2D eigenvalue weighted by atomic mass is 19.1. The van der Waals surface area contributed by atoms with Gasteiger partial charge in [-0.2, -0.15) is 0 Å². The van der Waals surface area contributed by atoms with Crippen molar-refractivity contribution in [2.24, 2.45) is 0 Å². The van der Waals surface area contributed by atoms with Gasteiger partial charge >= 0.3 is 0 Å². The standard InChI is InChI=1S/C19H27FN2O3/c1-22(2)10-12-25-17-13-24-11-7-16(17)21-18(23)19(8-9-19)14-5-3-4-6-15(14)20/h3-6,16-17H,7-13H2,1-2H3,(H,21,23)/t16-,17-/m1/s1. The Kier molecular flexibility index (Phi) is 5.71. The van der Waals surface area contributed by atoms with Gasteiger partial charge in [0.15, 0.2) is 0 Å². The van der Waals surface area contributed by atoms with Crippen LogP contribution in [-0.2, 0) is 19.7 Å². The first kappa shape index (κ1) is 18.3. The fraction of sp³-hybridized carbons (Fsp3) is 0.632. The Labute approximate surface area is 148 Å². The van der Waals surface area contributed by atoms with Crippen LogP contribution < -0.4 is 5.32 Å². The summed E-state index contributed by atoms with van der Waals surface area (Å²) in [4.78, 5) is 14.9. The molecule has 1 aromatic rings. The molecule has 1 aromatic carbocycles. The summed E-state index contributed by atoms with van der Waals surface area (Å²) in [5.41, 5.74) is -0.206. The first-order chi connectivity index (χ1) is 12.0. The van der Waals surface area contributed by atoms with E-state index in [1.165, 1.54) is 6.07 Å². The summed E-state index contributed by atoms with van der Waals surface area (Å²) in [6, 6.07) is 6.49. The molecule has 6 heteroatoms. The largest absolute Gasteiger partial charge is 0.379 e. The van der Waals surface area contributed by atoms with E-state index in [9.17, 15) is 9.18 Å². The lowest BCUT2D eigenvalue weighted by Crippen LogP contribution is -2.52. The summed E-state index contributed by atoms with van der Waals surface area (Å²) in [6.45, 7) is 2.48. The number of likely N-dealkylation sites (N-methyl/N-ethyl adjacent to an activating group) is 1. The Bertz CT molecular complexity index is 604. The molecular formula is C19H27FN2O3. The molecule has 2 aliphatic rings. The second-order valence-electron chi connectivity index (χ2n) is 7.22. The van der Waals surface area contributed by atoms with Crippen molar-refractivity contribution >= 4 is 5.91 Å². The first-order valence-corrected chi connectivity index (χ1v) is 8.93. The molecule has 1 saturated carbocycles. The van der Waals surface area contributed by atoms with Crippen LogP contribution in [0.4, 0.5) is 4.39 Å². The van der Waals surface area contributed by atoms with Gasteiger partial charge in [0.25, 0.3) is 0 Å². The number of benzene rings is 1. The highest BCUT2D eigenvalue weighted by molar-refractivity contribution is 5.91. The van der Waals surface area contributed by atoms with Gasteiger partial charge in [0.2, 0.25) is 5.91 Å². The third kappa shape index (κ3) is 4.19. The van der Waals surface area contributed by atoms with E-state index in [1.807, 2.05) is 14.1 Å². The number of nitrogens with one attached hydrogen (secondary N) is 1. The van der Waals surface area contributed by atoms with Crippen LogP contribution in [0.3, 0.4) is 0 Å². The molecule has 5 nitrogen and oxygen atoms in total. The average molecular weight is 350 g/mol. The fourth-order valence-electron chi connectivity index (χ4n) is 3.33. The lowest BCUT2D eigenvalue weighted by atomic mass is 9.93. The van der Waals surface area contributed by atoms with Gasteiger partial charge in [-0.3, -0.25) is 4.79 Å². The zero-order valence-electron chi connectivity index (χ0n) is 15.0. The smallest absolute Gasteiger partial charge is 0.231 e. The maximum atomic E-state index is 14.2. The van der Waals surface area contributed by atoms with E-state index in [1.54, 1.807) is 18.2 Å². The molecule has 0 unspecified atom stereocenters. The van der Waals surface area contributed by atoms with Gasteiger partial charge in [0, 0.05) is 18.7 Å². The Morgan fingerprint density at radius 3 is 2.84 bits per heavy atom. The van der Waals surface area contributed by atoms with Crippen LogP contribution in [0.5, 0.6) is 0 Å². The van der Waals surface area contributed by atoms with E-state index in [0.29, 0.717) is 44.6 Å². The van der Waals surface area contributed by atoms with Crippen molar-refractivity contribution in [3.8, 4) is 0 Å². The number of amides is 1. The molecule has 2 atom stereocenters. The molecule has 1 N–H and O–H groups in total. The molecule has 1 aliphatic heterocycles. The average Bonchev–Trinajstić information content (AvgIpc) is 3.38. The van der Waals surface area contributed by atoms with Gasteiger partial charge in [-0.05, 0) is 39.4 Å². The van der Waals surface area contributed by atoms with Crippen molar-refractivity contribution < 1.29 is 18.7 Å². The number of hydrogen-bond acceptors (Lipinski definition) is 4. The lowest BCUT2D eigenvalue weighted by molar-refractivity contribution is -0.128. The third-order valence-electron chi connectivity index (χ3n) is 5.07. The van der Waals surface area contributed by atoms with Crippen molar-refractivity contribution in [2.45, 2.75) is 36.8 Å². The number of nitrogens with zero attached hydrogens (tertiary/aromatic N) is 1. The van der Waals surface area contributed by atoms with E-state index in [-0.39, 0.29) is 23.9 Å². The van der Waals surface area contributed by atoms with E-state index >= 15 is 0 Å². The summed E-state index contributed by atoms with van der Waals surface area (Å²) in [5.74, 6) is -0.397. The molecule has 138 valence electrons. The van der Waals surface area contributed by atoms with Crippen LogP contribution in [-0.4, -0.2) is 63.4 Å². The predicted molar refractivity (Wildman–Crippen MR) is 93.0 cm³/mol. The van der Waals surface area contributed by atoms with E-state index in [2.05, 4.69) is 10.2 Å². The van der Waals surface area contributed by atoms with Gasteiger partial charge in [0.05, 0.1) is 24.7 Å². The molecule has 1 amide bonds. The number of carbonyl (C=O) groups excluding carboxylic acids is 1. The molecule has 0 bridgehead atoms. The number of halogens is 1. The molecule has 2 fully saturated rings. The summed E-state index contributed by atoms with van der Waals surface area (Å²) in [7, 11) is 3.98. The van der Waals surface area contributed by atoms with Crippen molar-refractivity contribution in [1.29, 1.82) is 0 Å². The molecule has 1 aliphatic carbocycles. The maximum absolute atomic E-state index is 14.2. The minimum absolute atomic E-state index is 0.0901. The quantitative estimate of drug-likeness (QED) is 0.813. The second kappa shape index (κ2) is 7.81. The van der Waals surface area contributed by atoms with E-state index in [0.717, 1.165) is 6.54 Å². The third-order valence-corrected chi connectivity index (χ3v) is 5.07. The van der Waals surface area contributed by atoms with Crippen LogP contribution in [0.2, 0.25) is 0 Å². The summed E-state index contributed by atoms with van der Waals surface area (Å²) in [6.07, 6.45) is 1.93. The van der Waals surface area contributed by atoms with Crippen LogP contribution in [0.25, 0.3) is 0 Å².